The average Bonchev–Trinajstić information content (AvgIpc) is 2.52. The van der Waals surface area contributed by atoms with Crippen molar-refractivity contribution in [2.24, 2.45) is 0 Å². The molecule has 1 heterocycles. The van der Waals surface area contributed by atoms with Crippen LogP contribution in [-0.4, -0.2) is 26.0 Å². The molecule has 0 spiro atoms. The topological polar surface area (TPSA) is 67.4 Å². The van der Waals surface area contributed by atoms with Gasteiger partial charge in [-0.25, -0.2) is 4.68 Å². The summed E-state index contributed by atoms with van der Waals surface area (Å²) < 4.78 is 1.77. The second-order valence-electron chi connectivity index (χ2n) is 3.80. The quantitative estimate of drug-likeness (QED) is 0.559. The summed E-state index contributed by atoms with van der Waals surface area (Å²) in [5, 5.41) is 20.6. The Kier molecular flexibility index (Phi) is 3.47. The minimum absolute atomic E-state index is 0.113. The molecule has 1 aromatic heterocycles. The van der Waals surface area contributed by atoms with E-state index in [1.165, 1.54) is 11.8 Å². The molecular weight excluding hydrogens is 198 g/mol. The third-order valence-corrected chi connectivity index (χ3v) is 2.44. The molecule has 0 saturated heterocycles. The third kappa shape index (κ3) is 2.70. The summed E-state index contributed by atoms with van der Waals surface area (Å²) in [5.41, 5.74) is -0.113. The summed E-state index contributed by atoms with van der Waals surface area (Å²) in [4.78, 5) is 0. The highest BCUT2D eigenvalue weighted by Gasteiger charge is 2.19. The number of nitrogens with zero attached hydrogens (tertiary/aromatic N) is 5. The van der Waals surface area contributed by atoms with E-state index in [-0.39, 0.29) is 5.54 Å². The average molecular weight is 211 g/mol. The number of aromatic nitrogens is 4. The zero-order valence-corrected chi connectivity index (χ0v) is 9.38. The van der Waals surface area contributed by atoms with Crippen molar-refractivity contribution >= 4 is 11.8 Å². The molecule has 1 aromatic rings. The van der Waals surface area contributed by atoms with Gasteiger partial charge in [-0.15, -0.1) is 5.10 Å². The monoisotopic (exact) mass is 211 g/mol. The van der Waals surface area contributed by atoms with E-state index in [0.29, 0.717) is 6.42 Å². The van der Waals surface area contributed by atoms with Crippen LogP contribution in [0.25, 0.3) is 0 Å². The number of tetrazole rings is 1. The molecule has 0 aromatic carbocycles. The number of hydrogen-bond acceptors (Lipinski definition) is 5. The predicted molar refractivity (Wildman–Crippen MR) is 53.8 cm³/mol. The van der Waals surface area contributed by atoms with Crippen molar-refractivity contribution in [3.05, 3.63) is 0 Å². The molecule has 0 saturated carbocycles. The van der Waals surface area contributed by atoms with Crippen molar-refractivity contribution in [3.63, 3.8) is 0 Å². The van der Waals surface area contributed by atoms with Gasteiger partial charge in [0, 0.05) is 12.2 Å². The second kappa shape index (κ2) is 4.42. The van der Waals surface area contributed by atoms with Crippen LogP contribution in [0.3, 0.4) is 0 Å². The lowest BCUT2D eigenvalue weighted by Crippen LogP contribution is -2.24. The molecular formula is C8H13N5S. The highest BCUT2D eigenvalue weighted by molar-refractivity contribution is 7.99. The van der Waals surface area contributed by atoms with Crippen molar-refractivity contribution in [2.45, 2.75) is 37.9 Å². The maximum atomic E-state index is 8.40. The van der Waals surface area contributed by atoms with Crippen molar-refractivity contribution < 1.29 is 0 Å². The molecule has 76 valence electrons. The van der Waals surface area contributed by atoms with E-state index in [4.69, 9.17) is 5.26 Å². The summed E-state index contributed by atoms with van der Waals surface area (Å²) >= 11 is 1.51. The Morgan fingerprint density at radius 3 is 2.79 bits per heavy atom. The lowest BCUT2D eigenvalue weighted by molar-refractivity contribution is 0.321. The van der Waals surface area contributed by atoms with Gasteiger partial charge in [-0.3, -0.25) is 0 Å². The van der Waals surface area contributed by atoms with Gasteiger partial charge in [0.2, 0.25) is 5.16 Å². The SMILES string of the molecule is CC(C)(C)n1nnnc1SCCC#N. The maximum absolute atomic E-state index is 8.40. The summed E-state index contributed by atoms with van der Waals surface area (Å²) in [6.45, 7) is 6.12. The van der Waals surface area contributed by atoms with Crippen molar-refractivity contribution in [1.82, 2.24) is 20.2 Å². The minimum atomic E-state index is -0.113. The highest BCUT2D eigenvalue weighted by Crippen LogP contribution is 2.21. The molecule has 1 rings (SSSR count). The van der Waals surface area contributed by atoms with Gasteiger partial charge in [-0.05, 0) is 31.2 Å². The Labute approximate surface area is 87.5 Å². The van der Waals surface area contributed by atoms with Gasteiger partial charge in [0.1, 0.15) is 0 Å². The molecule has 5 nitrogen and oxygen atoms in total. The lowest BCUT2D eigenvalue weighted by Gasteiger charge is -2.19. The highest BCUT2D eigenvalue weighted by atomic mass is 32.2. The smallest absolute Gasteiger partial charge is 0.209 e. The fourth-order valence-electron chi connectivity index (χ4n) is 0.878. The minimum Gasteiger partial charge on any atom is -0.215 e. The van der Waals surface area contributed by atoms with Gasteiger partial charge in [-0.1, -0.05) is 11.8 Å². The van der Waals surface area contributed by atoms with Gasteiger partial charge in [-0.2, -0.15) is 5.26 Å². The molecule has 0 aliphatic rings. The van der Waals surface area contributed by atoms with Crippen LogP contribution in [0, 0.1) is 11.3 Å². The molecule has 0 aliphatic carbocycles. The molecule has 0 amide bonds. The predicted octanol–water partition coefficient (Wildman–Crippen LogP) is 1.43. The van der Waals surface area contributed by atoms with Crippen molar-refractivity contribution in [1.29, 1.82) is 5.26 Å². The van der Waals surface area contributed by atoms with Crippen LogP contribution in [0.2, 0.25) is 0 Å². The van der Waals surface area contributed by atoms with Gasteiger partial charge < -0.3 is 0 Å². The molecule has 0 bridgehead atoms. The Balaban J connectivity index is 2.69. The van der Waals surface area contributed by atoms with Crippen LogP contribution in [0.1, 0.15) is 27.2 Å². The fourth-order valence-corrected chi connectivity index (χ4v) is 1.78. The zero-order valence-electron chi connectivity index (χ0n) is 8.56. The molecule has 0 fully saturated rings. The van der Waals surface area contributed by atoms with Crippen LogP contribution in [0.5, 0.6) is 0 Å². The van der Waals surface area contributed by atoms with Gasteiger partial charge in [0.05, 0.1) is 11.6 Å². The number of nitriles is 1. The molecule has 0 radical (unpaired) electrons. The Bertz CT molecular complexity index is 332. The molecule has 0 N–H and O–H groups in total. The first-order valence-corrected chi connectivity index (χ1v) is 5.33. The van der Waals surface area contributed by atoms with E-state index in [2.05, 4.69) is 21.6 Å². The Morgan fingerprint density at radius 2 is 2.21 bits per heavy atom. The summed E-state index contributed by atoms with van der Waals surface area (Å²) in [6, 6.07) is 2.09. The van der Waals surface area contributed by atoms with Crippen LogP contribution in [-0.2, 0) is 5.54 Å². The van der Waals surface area contributed by atoms with Gasteiger partial charge in [0.15, 0.2) is 0 Å². The van der Waals surface area contributed by atoms with E-state index in [1.54, 1.807) is 4.68 Å². The van der Waals surface area contributed by atoms with Crippen LogP contribution in [0.15, 0.2) is 5.16 Å². The summed E-state index contributed by atoms with van der Waals surface area (Å²) in [7, 11) is 0. The largest absolute Gasteiger partial charge is 0.215 e. The number of hydrogen-bond donors (Lipinski definition) is 0. The Morgan fingerprint density at radius 1 is 1.50 bits per heavy atom. The first kappa shape index (κ1) is 11.0. The maximum Gasteiger partial charge on any atom is 0.209 e. The summed E-state index contributed by atoms with van der Waals surface area (Å²) in [5.74, 6) is 0.729. The summed E-state index contributed by atoms with van der Waals surface area (Å²) in [6.07, 6.45) is 0.516. The molecule has 6 heteroatoms. The van der Waals surface area contributed by atoms with Gasteiger partial charge >= 0.3 is 0 Å². The first-order valence-electron chi connectivity index (χ1n) is 4.34. The van der Waals surface area contributed by atoms with E-state index >= 15 is 0 Å². The van der Waals surface area contributed by atoms with E-state index in [0.717, 1.165) is 10.9 Å². The van der Waals surface area contributed by atoms with E-state index < -0.39 is 0 Å². The third-order valence-electron chi connectivity index (χ3n) is 1.52. The first-order chi connectivity index (χ1) is 6.55. The van der Waals surface area contributed by atoms with Crippen molar-refractivity contribution in [2.75, 3.05) is 5.75 Å². The molecule has 0 aliphatic heterocycles. The van der Waals surface area contributed by atoms with E-state index in [9.17, 15) is 0 Å². The van der Waals surface area contributed by atoms with E-state index in [1.807, 2.05) is 20.8 Å². The number of thioether (sulfide) groups is 1. The fraction of sp³-hybridized carbons (Fsp3) is 0.750. The normalized spacial score (nSPS) is 11.3. The second-order valence-corrected chi connectivity index (χ2v) is 4.86. The van der Waals surface area contributed by atoms with Crippen LogP contribution in [0.4, 0.5) is 0 Å². The molecule has 14 heavy (non-hydrogen) atoms. The zero-order chi connectivity index (χ0) is 10.6. The standard InChI is InChI=1S/C8H13N5S/c1-8(2,3)13-7(10-11-12-13)14-6-4-5-9/h4,6H2,1-3H3. The lowest BCUT2D eigenvalue weighted by atomic mass is 10.1. The molecule has 0 atom stereocenters. The molecule has 0 unspecified atom stereocenters. The number of rotatable bonds is 3. The van der Waals surface area contributed by atoms with Crippen molar-refractivity contribution in [3.8, 4) is 6.07 Å². The van der Waals surface area contributed by atoms with Crippen LogP contribution >= 0.6 is 11.8 Å². The van der Waals surface area contributed by atoms with Gasteiger partial charge in [0.25, 0.3) is 0 Å². The van der Waals surface area contributed by atoms with Crippen LogP contribution < -0.4 is 0 Å². The Hall–Kier alpha value is -1.09.